The number of benzene rings is 1. The van der Waals surface area contributed by atoms with Gasteiger partial charge in [0.25, 0.3) is 0 Å². The highest BCUT2D eigenvalue weighted by Crippen LogP contribution is 2.39. The molecule has 1 saturated carbocycles. The zero-order valence-electron chi connectivity index (χ0n) is 17.3. The van der Waals surface area contributed by atoms with Crippen LogP contribution in [0, 0.1) is 11.3 Å². The summed E-state index contributed by atoms with van der Waals surface area (Å²) in [5.74, 6) is 0.376. The highest BCUT2D eigenvalue weighted by molar-refractivity contribution is 7.99. The van der Waals surface area contributed by atoms with Gasteiger partial charge in [0.2, 0.25) is 0 Å². The van der Waals surface area contributed by atoms with Gasteiger partial charge in [-0.15, -0.1) is 23.1 Å². The molecular weight excluding hydrogens is 444 g/mol. The molecule has 0 radical (unpaired) electrons. The predicted octanol–water partition coefficient (Wildman–Crippen LogP) is 5.49. The van der Waals surface area contributed by atoms with Crippen LogP contribution in [0.15, 0.2) is 58.9 Å². The van der Waals surface area contributed by atoms with Crippen molar-refractivity contribution in [3.63, 3.8) is 0 Å². The van der Waals surface area contributed by atoms with E-state index in [0.717, 1.165) is 41.0 Å². The van der Waals surface area contributed by atoms with Crippen LogP contribution in [0.4, 0.5) is 0 Å². The molecule has 0 unspecified atom stereocenters. The molecule has 4 rings (SSSR count). The van der Waals surface area contributed by atoms with Crippen LogP contribution in [0.2, 0.25) is 0 Å². The van der Waals surface area contributed by atoms with Gasteiger partial charge in [-0.3, -0.25) is 4.21 Å². The normalized spacial score (nSPS) is 22.0. The maximum atomic E-state index is 12.3. The summed E-state index contributed by atoms with van der Waals surface area (Å²) in [6, 6.07) is 18.2. The number of thiophene rings is 1. The highest BCUT2D eigenvalue weighted by atomic mass is 32.2. The summed E-state index contributed by atoms with van der Waals surface area (Å²) in [4.78, 5) is 5.86. The largest absolute Gasteiger partial charge is 0.388 e. The van der Waals surface area contributed by atoms with Gasteiger partial charge in [-0.2, -0.15) is 5.26 Å². The lowest BCUT2D eigenvalue weighted by molar-refractivity contribution is 0.0326. The van der Waals surface area contributed by atoms with Crippen LogP contribution in [0.5, 0.6) is 0 Å². The Labute approximate surface area is 193 Å². The first-order chi connectivity index (χ1) is 15.0. The molecule has 0 spiro atoms. The Balaban J connectivity index is 1.75. The van der Waals surface area contributed by atoms with Gasteiger partial charge in [-0.05, 0) is 35.9 Å². The molecule has 1 fully saturated rings. The van der Waals surface area contributed by atoms with Gasteiger partial charge in [0.1, 0.15) is 11.1 Å². The summed E-state index contributed by atoms with van der Waals surface area (Å²) in [5.41, 5.74) is 2.13. The van der Waals surface area contributed by atoms with Crippen LogP contribution in [-0.4, -0.2) is 37.2 Å². The van der Waals surface area contributed by atoms with Gasteiger partial charge in [0.15, 0.2) is 0 Å². The van der Waals surface area contributed by atoms with Gasteiger partial charge in [0, 0.05) is 28.4 Å². The van der Waals surface area contributed by atoms with E-state index in [1.165, 1.54) is 11.8 Å². The number of rotatable bonds is 6. The molecule has 2 aromatic heterocycles. The number of aliphatic hydroxyl groups is 1. The molecule has 160 valence electrons. The highest BCUT2D eigenvalue weighted by Gasteiger charge is 2.41. The Morgan fingerprint density at radius 2 is 2.10 bits per heavy atom. The molecule has 4 nitrogen and oxygen atoms in total. The number of nitrogens with zero attached hydrogens (tertiary/aromatic N) is 2. The molecule has 1 aliphatic rings. The number of aromatic nitrogens is 1. The third-order valence-corrected chi connectivity index (χ3v) is 9.32. The Morgan fingerprint density at radius 3 is 2.77 bits per heavy atom. The van der Waals surface area contributed by atoms with Crippen molar-refractivity contribution in [2.24, 2.45) is 0 Å². The summed E-state index contributed by atoms with van der Waals surface area (Å²) >= 11 is 3.01. The predicted molar refractivity (Wildman–Crippen MR) is 130 cm³/mol. The molecule has 1 aromatic carbocycles. The van der Waals surface area contributed by atoms with Crippen molar-refractivity contribution in [1.82, 2.24) is 4.98 Å². The van der Waals surface area contributed by atoms with Crippen molar-refractivity contribution in [2.45, 2.75) is 41.6 Å². The summed E-state index contributed by atoms with van der Waals surface area (Å²) in [5, 5.41) is 23.7. The maximum absolute atomic E-state index is 12.3. The number of hydrogen-bond donors (Lipinski definition) is 1. The zero-order chi connectivity index (χ0) is 21.8. The van der Waals surface area contributed by atoms with E-state index in [9.17, 15) is 14.6 Å². The molecular formula is C24H24N2O2S3. The fourth-order valence-electron chi connectivity index (χ4n) is 4.15. The molecule has 31 heavy (non-hydrogen) atoms. The standard InChI is InChI=1S/C24H24N2O2S3/c1-31(28)22-11-5-6-12-24(22,27)16-30-23-19(15-25)18(17-8-3-2-4-9-17)14-20(26-23)21-10-7-13-29-21/h2-4,7-10,13-14,22,27H,5-6,11-12,16H2,1H3/t22-,24+,31-/m1/s1. The molecule has 0 saturated heterocycles. The number of thioether (sulfide) groups is 1. The minimum atomic E-state index is -1.10. The molecule has 1 N–H and O–H groups in total. The molecule has 7 heteroatoms. The third-order valence-electron chi connectivity index (χ3n) is 5.74. The summed E-state index contributed by atoms with van der Waals surface area (Å²) < 4.78 is 12.3. The molecule has 3 aromatic rings. The van der Waals surface area contributed by atoms with E-state index in [4.69, 9.17) is 4.98 Å². The van der Waals surface area contributed by atoms with E-state index in [1.54, 1.807) is 17.6 Å². The van der Waals surface area contributed by atoms with Crippen molar-refractivity contribution >= 4 is 33.9 Å². The first-order valence-electron chi connectivity index (χ1n) is 10.2. The second-order valence-corrected chi connectivity index (χ2v) is 11.3. The number of hydrogen-bond acceptors (Lipinski definition) is 6. The van der Waals surface area contributed by atoms with Gasteiger partial charge in [0.05, 0.1) is 27.0 Å². The third kappa shape index (κ3) is 4.78. The van der Waals surface area contributed by atoms with Crippen molar-refractivity contribution in [3.05, 3.63) is 59.5 Å². The van der Waals surface area contributed by atoms with Gasteiger partial charge in [-0.1, -0.05) is 49.2 Å². The summed E-state index contributed by atoms with van der Waals surface area (Å²) in [6.07, 6.45) is 4.99. The Bertz CT molecular complexity index is 1110. The minimum absolute atomic E-state index is 0.242. The molecule has 2 heterocycles. The Hall–Kier alpha value is -1.98. The lowest BCUT2D eigenvalue weighted by atomic mass is 9.86. The van der Waals surface area contributed by atoms with Crippen LogP contribution in [-0.2, 0) is 10.8 Å². The van der Waals surface area contributed by atoms with E-state index < -0.39 is 16.4 Å². The SMILES string of the molecule is C[S@@](=O)[C@@H]1CCCC[C@]1(O)CSc1nc(-c2cccs2)cc(-c2ccccc2)c1C#N. The maximum Gasteiger partial charge on any atom is 0.115 e. The topological polar surface area (TPSA) is 74.0 Å². The summed E-state index contributed by atoms with van der Waals surface area (Å²) in [6.45, 7) is 0. The Morgan fingerprint density at radius 1 is 1.29 bits per heavy atom. The lowest BCUT2D eigenvalue weighted by Gasteiger charge is -2.38. The molecule has 0 aliphatic heterocycles. The zero-order valence-corrected chi connectivity index (χ0v) is 19.7. The second kappa shape index (κ2) is 9.66. The first-order valence-corrected chi connectivity index (χ1v) is 13.7. The van der Waals surface area contributed by atoms with Crippen molar-refractivity contribution < 1.29 is 9.32 Å². The molecule has 1 aliphatic carbocycles. The molecule has 0 amide bonds. The van der Waals surface area contributed by atoms with E-state index in [1.807, 2.05) is 53.9 Å². The van der Waals surface area contributed by atoms with Crippen LogP contribution in [0.3, 0.4) is 0 Å². The van der Waals surface area contributed by atoms with Crippen LogP contribution < -0.4 is 0 Å². The smallest absolute Gasteiger partial charge is 0.115 e. The Kier molecular flexibility index (Phi) is 6.92. The number of pyridine rings is 1. The van der Waals surface area contributed by atoms with Crippen LogP contribution in [0.25, 0.3) is 21.7 Å². The van der Waals surface area contributed by atoms with Crippen LogP contribution in [0.1, 0.15) is 31.2 Å². The van der Waals surface area contributed by atoms with Gasteiger partial charge >= 0.3 is 0 Å². The van der Waals surface area contributed by atoms with Crippen molar-refractivity contribution in [1.29, 1.82) is 5.26 Å². The van der Waals surface area contributed by atoms with E-state index >= 15 is 0 Å². The average Bonchev–Trinajstić information content (AvgIpc) is 3.33. The molecule has 0 bridgehead atoms. The van der Waals surface area contributed by atoms with Crippen molar-refractivity contribution in [3.8, 4) is 27.8 Å². The minimum Gasteiger partial charge on any atom is -0.388 e. The van der Waals surface area contributed by atoms with Crippen LogP contribution >= 0.6 is 23.1 Å². The summed E-state index contributed by atoms with van der Waals surface area (Å²) in [7, 11) is -1.10. The quantitative estimate of drug-likeness (QED) is 0.484. The van der Waals surface area contributed by atoms with Gasteiger partial charge in [-0.25, -0.2) is 4.98 Å². The monoisotopic (exact) mass is 468 g/mol. The van der Waals surface area contributed by atoms with E-state index in [0.29, 0.717) is 22.8 Å². The number of nitriles is 1. The fourth-order valence-corrected chi connectivity index (χ4v) is 7.46. The van der Waals surface area contributed by atoms with Gasteiger partial charge < -0.3 is 5.11 Å². The van der Waals surface area contributed by atoms with E-state index in [2.05, 4.69) is 6.07 Å². The lowest BCUT2D eigenvalue weighted by Crippen LogP contribution is -2.49. The van der Waals surface area contributed by atoms with E-state index in [-0.39, 0.29) is 5.25 Å². The fraction of sp³-hybridized carbons (Fsp3) is 0.333. The second-order valence-electron chi connectivity index (χ2n) is 7.82. The molecule has 3 atom stereocenters. The van der Waals surface area contributed by atoms with Crippen molar-refractivity contribution in [2.75, 3.05) is 12.0 Å². The average molecular weight is 469 g/mol. The first kappa shape index (κ1) is 22.2.